The predicted molar refractivity (Wildman–Crippen MR) is 137 cm³/mol. The molecule has 0 heterocycles. The van der Waals surface area contributed by atoms with Gasteiger partial charge in [-0.05, 0) is 76.9 Å². The Hall–Kier alpha value is -3.64. The Morgan fingerprint density at radius 1 is 1.08 bits per heavy atom. The lowest BCUT2D eigenvalue weighted by Gasteiger charge is -2.15. The van der Waals surface area contributed by atoms with Crippen LogP contribution in [0.15, 0.2) is 64.2 Å². The number of ether oxygens (including phenoxy) is 2. The molecule has 0 aromatic heterocycles. The molecule has 13 heteroatoms. The monoisotopic (exact) mass is 615 g/mol. The van der Waals surface area contributed by atoms with Gasteiger partial charge in [-0.1, -0.05) is 17.7 Å². The number of alkyl halides is 3. The molecule has 0 saturated carbocycles. The first-order chi connectivity index (χ1) is 18.0. The van der Waals surface area contributed by atoms with Gasteiger partial charge in [-0.15, -0.1) is 0 Å². The van der Waals surface area contributed by atoms with Crippen molar-refractivity contribution in [1.29, 1.82) is 0 Å². The summed E-state index contributed by atoms with van der Waals surface area (Å²) in [6.07, 6.45) is -3.29. The summed E-state index contributed by atoms with van der Waals surface area (Å²) in [5.41, 5.74) is 1.75. The van der Waals surface area contributed by atoms with Crippen LogP contribution in [-0.4, -0.2) is 24.6 Å². The fraction of sp³-hybridized carbons (Fsp3) is 0.160. The molecule has 200 valence electrons. The highest BCUT2D eigenvalue weighted by atomic mass is 79.9. The minimum absolute atomic E-state index is 0.000299. The average Bonchev–Trinajstić information content (AvgIpc) is 2.85. The second-order valence-electron chi connectivity index (χ2n) is 7.48. The number of rotatable bonds is 8. The molecule has 3 aromatic rings. The van der Waals surface area contributed by atoms with Crippen LogP contribution in [-0.2, 0) is 22.4 Å². The van der Waals surface area contributed by atoms with Gasteiger partial charge in [0.15, 0.2) is 11.5 Å². The van der Waals surface area contributed by atoms with E-state index in [0.29, 0.717) is 15.8 Å². The molecule has 2 N–H and O–H groups in total. The molecule has 7 nitrogen and oxygen atoms in total. The van der Waals surface area contributed by atoms with Gasteiger partial charge in [0.05, 0.1) is 27.9 Å². The van der Waals surface area contributed by atoms with Crippen molar-refractivity contribution in [2.24, 2.45) is 5.10 Å². The van der Waals surface area contributed by atoms with Crippen molar-refractivity contribution in [2.75, 3.05) is 11.9 Å². The fourth-order valence-corrected chi connectivity index (χ4v) is 3.82. The van der Waals surface area contributed by atoms with E-state index in [-0.39, 0.29) is 35.2 Å². The summed E-state index contributed by atoms with van der Waals surface area (Å²) in [5.74, 6) is -2.22. The van der Waals surface area contributed by atoms with E-state index in [0.717, 1.165) is 24.3 Å². The highest BCUT2D eigenvalue weighted by molar-refractivity contribution is 9.10. The first-order valence-corrected chi connectivity index (χ1v) is 12.0. The molecule has 3 rings (SSSR count). The second kappa shape index (κ2) is 12.7. The predicted octanol–water partition coefficient (Wildman–Crippen LogP) is 6.33. The molecule has 0 fully saturated rings. The van der Waals surface area contributed by atoms with E-state index in [1.54, 1.807) is 25.1 Å². The summed E-state index contributed by atoms with van der Waals surface area (Å²) < 4.78 is 63.8. The third-order valence-electron chi connectivity index (χ3n) is 4.81. The van der Waals surface area contributed by atoms with Gasteiger partial charge >= 0.3 is 18.0 Å². The molecule has 0 aliphatic carbocycles. The average molecular weight is 617 g/mol. The number of hydrogen-bond acceptors (Lipinski definition) is 5. The maximum absolute atomic E-state index is 14.1. The summed E-state index contributed by atoms with van der Waals surface area (Å²) in [6, 6.07) is 11.0. The van der Waals surface area contributed by atoms with Crippen LogP contribution in [0.2, 0.25) is 5.02 Å². The zero-order chi connectivity index (χ0) is 27.9. The van der Waals surface area contributed by atoms with E-state index in [4.69, 9.17) is 21.1 Å². The summed E-state index contributed by atoms with van der Waals surface area (Å²) >= 11 is 9.41. The quantitative estimate of drug-likeness (QED) is 0.134. The number of nitrogens with zero attached hydrogens (tertiary/aromatic N) is 1. The molecule has 0 bridgehead atoms. The van der Waals surface area contributed by atoms with Gasteiger partial charge in [0, 0.05) is 11.3 Å². The van der Waals surface area contributed by atoms with Gasteiger partial charge in [0.2, 0.25) is 0 Å². The van der Waals surface area contributed by atoms with Gasteiger partial charge in [-0.3, -0.25) is 9.59 Å². The van der Waals surface area contributed by atoms with Gasteiger partial charge in [-0.25, -0.2) is 9.82 Å². The van der Waals surface area contributed by atoms with Crippen molar-refractivity contribution in [3.05, 3.63) is 86.6 Å². The van der Waals surface area contributed by atoms with Crippen LogP contribution in [0.1, 0.15) is 23.6 Å². The number of hydrazone groups is 1. The first kappa shape index (κ1) is 28.9. The molecular weight excluding hydrogens is 598 g/mol. The zero-order valence-corrected chi connectivity index (χ0v) is 21.9. The summed E-state index contributed by atoms with van der Waals surface area (Å²) in [6.45, 7) is 1.87. The van der Waals surface area contributed by atoms with E-state index < -0.39 is 29.4 Å². The normalized spacial score (nSPS) is 11.3. The molecule has 0 atom stereocenters. The zero-order valence-electron chi connectivity index (χ0n) is 19.5. The maximum atomic E-state index is 14.1. The van der Waals surface area contributed by atoms with Gasteiger partial charge < -0.3 is 14.8 Å². The van der Waals surface area contributed by atoms with Crippen molar-refractivity contribution in [3.8, 4) is 11.5 Å². The summed E-state index contributed by atoms with van der Waals surface area (Å²) in [7, 11) is 0. The molecule has 3 aromatic carbocycles. The smallest absolute Gasteiger partial charge is 0.416 e. The van der Waals surface area contributed by atoms with Crippen LogP contribution in [0.5, 0.6) is 11.5 Å². The largest absolute Gasteiger partial charge is 0.490 e. The van der Waals surface area contributed by atoms with E-state index >= 15 is 0 Å². The van der Waals surface area contributed by atoms with Crippen LogP contribution < -0.4 is 20.2 Å². The number of amides is 2. The Bertz CT molecular complexity index is 1330. The van der Waals surface area contributed by atoms with Crippen LogP contribution in [0.4, 0.5) is 23.2 Å². The fourth-order valence-electron chi connectivity index (χ4n) is 3.03. The lowest BCUT2D eigenvalue weighted by molar-refractivity contribution is -0.137. The summed E-state index contributed by atoms with van der Waals surface area (Å²) in [5, 5.41) is 6.10. The molecule has 0 radical (unpaired) electrons. The van der Waals surface area contributed by atoms with Gasteiger partial charge in [-0.2, -0.15) is 18.3 Å². The number of carbonyl (C=O) groups excluding carboxylic acids is 2. The van der Waals surface area contributed by atoms with E-state index in [1.807, 2.05) is 5.43 Å². The van der Waals surface area contributed by atoms with Gasteiger partial charge in [0.25, 0.3) is 0 Å². The third-order valence-corrected chi connectivity index (χ3v) is 5.75. The second-order valence-corrected chi connectivity index (χ2v) is 8.74. The number of benzene rings is 3. The topological polar surface area (TPSA) is 89.0 Å². The molecule has 0 unspecified atom stereocenters. The SMILES string of the molecule is CCOc1cc(C=NNC(=O)C(=O)Nc2ccc(C(F)(F)F)cc2)cc(Br)c1OCc1c(F)cccc1Cl. The standard InChI is InChI=1S/C25H19BrClF4N3O4/c1-2-37-21-11-14(10-18(26)22(21)38-13-17-19(27)4-3-5-20(17)28)12-32-34-24(36)23(35)33-16-8-6-15(7-9-16)25(29,30)31/h3-12H,2,13H2,1H3,(H,33,35)(H,34,36). The van der Waals surface area contributed by atoms with E-state index in [1.165, 1.54) is 18.3 Å². The highest BCUT2D eigenvalue weighted by Crippen LogP contribution is 2.37. The van der Waals surface area contributed by atoms with Crippen LogP contribution in [0.25, 0.3) is 0 Å². The molecule has 0 aliphatic rings. The number of halogens is 6. The molecular formula is C25H19BrClF4N3O4. The van der Waals surface area contributed by atoms with E-state index in [9.17, 15) is 27.2 Å². The molecule has 0 spiro atoms. The lowest BCUT2D eigenvalue weighted by Crippen LogP contribution is -2.32. The minimum atomic E-state index is -4.52. The number of anilines is 1. The molecule has 2 amide bonds. The van der Waals surface area contributed by atoms with Crippen molar-refractivity contribution < 1.29 is 36.6 Å². The Morgan fingerprint density at radius 2 is 1.79 bits per heavy atom. The Labute approximate surface area is 227 Å². The lowest BCUT2D eigenvalue weighted by atomic mass is 10.2. The molecule has 0 aliphatic heterocycles. The number of nitrogens with one attached hydrogen (secondary N) is 2. The van der Waals surface area contributed by atoms with E-state index in [2.05, 4.69) is 26.3 Å². The molecule has 0 saturated heterocycles. The maximum Gasteiger partial charge on any atom is 0.416 e. The number of carbonyl (C=O) groups is 2. The van der Waals surface area contributed by atoms with Crippen LogP contribution in [0.3, 0.4) is 0 Å². The van der Waals surface area contributed by atoms with Gasteiger partial charge in [0.1, 0.15) is 12.4 Å². The van der Waals surface area contributed by atoms with Crippen molar-refractivity contribution in [1.82, 2.24) is 5.43 Å². The minimum Gasteiger partial charge on any atom is -0.490 e. The Morgan fingerprint density at radius 3 is 2.42 bits per heavy atom. The van der Waals surface area contributed by atoms with Crippen molar-refractivity contribution in [3.63, 3.8) is 0 Å². The summed E-state index contributed by atoms with van der Waals surface area (Å²) in [4.78, 5) is 24.0. The Kier molecular flexibility index (Phi) is 9.70. The number of hydrogen-bond donors (Lipinski definition) is 2. The Balaban J connectivity index is 1.65. The van der Waals surface area contributed by atoms with Crippen LogP contribution >= 0.6 is 27.5 Å². The third kappa shape index (κ3) is 7.68. The first-order valence-electron chi connectivity index (χ1n) is 10.8. The molecule has 38 heavy (non-hydrogen) atoms. The van der Waals surface area contributed by atoms with Crippen molar-refractivity contribution >= 4 is 51.2 Å². The highest BCUT2D eigenvalue weighted by Gasteiger charge is 2.30. The van der Waals surface area contributed by atoms with Crippen LogP contribution in [0, 0.1) is 5.82 Å². The van der Waals surface area contributed by atoms with Crippen molar-refractivity contribution in [2.45, 2.75) is 19.7 Å².